The van der Waals surface area contributed by atoms with Crippen molar-refractivity contribution in [1.29, 1.82) is 0 Å². The van der Waals surface area contributed by atoms with Crippen LogP contribution in [0.15, 0.2) is 54.6 Å². The highest BCUT2D eigenvalue weighted by atomic mass is 19.4. The summed E-state index contributed by atoms with van der Waals surface area (Å²) < 4.78 is 44.9. The average Bonchev–Trinajstić information content (AvgIpc) is 2.66. The van der Waals surface area contributed by atoms with Crippen molar-refractivity contribution in [2.75, 3.05) is 26.2 Å². The molecule has 1 atom stereocenters. The van der Waals surface area contributed by atoms with Gasteiger partial charge in [0.15, 0.2) is 0 Å². The van der Waals surface area contributed by atoms with Crippen molar-refractivity contribution in [3.05, 3.63) is 65.7 Å². The van der Waals surface area contributed by atoms with Crippen molar-refractivity contribution in [1.82, 2.24) is 10.2 Å². The standard InChI is InChI=1S/C20H23F3N2O/c21-20(22,23)14-19(25-12-10-24-11-13-25)17-6-8-18(9-7-17)26-15-16-4-2-1-3-5-16/h1-9,19,24H,10-15H2/t19-/m0/s1. The fourth-order valence-corrected chi connectivity index (χ4v) is 3.20. The van der Waals surface area contributed by atoms with Gasteiger partial charge in [-0.05, 0) is 23.3 Å². The number of halogens is 3. The summed E-state index contributed by atoms with van der Waals surface area (Å²) in [6, 6.07) is 16.1. The van der Waals surface area contributed by atoms with Crippen molar-refractivity contribution in [3.8, 4) is 5.75 Å². The van der Waals surface area contributed by atoms with Gasteiger partial charge in [-0.1, -0.05) is 42.5 Å². The van der Waals surface area contributed by atoms with Crippen LogP contribution in [0.5, 0.6) is 5.75 Å². The van der Waals surface area contributed by atoms with Gasteiger partial charge in [0.1, 0.15) is 12.4 Å². The Balaban J connectivity index is 1.68. The molecule has 1 heterocycles. The predicted octanol–water partition coefficient (Wildman–Crippen LogP) is 4.16. The SMILES string of the molecule is FC(F)(F)C[C@@H](c1ccc(OCc2ccccc2)cc1)N1CCNCC1. The third kappa shape index (κ3) is 5.47. The van der Waals surface area contributed by atoms with Gasteiger partial charge >= 0.3 is 6.18 Å². The van der Waals surface area contributed by atoms with E-state index in [9.17, 15) is 13.2 Å². The molecule has 1 saturated heterocycles. The first-order chi connectivity index (χ1) is 12.5. The van der Waals surface area contributed by atoms with E-state index in [0.29, 0.717) is 44.1 Å². The summed E-state index contributed by atoms with van der Waals surface area (Å²) in [6.45, 7) is 3.10. The molecular weight excluding hydrogens is 341 g/mol. The number of alkyl halides is 3. The summed E-state index contributed by atoms with van der Waals surface area (Å²) in [5.41, 5.74) is 1.73. The molecule has 3 nitrogen and oxygen atoms in total. The molecule has 0 saturated carbocycles. The molecule has 0 amide bonds. The average molecular weight is 364 g/mol. The van der Waals surface area contributed by atoms with E-state index in [2.05, 4.69) is 5.32 Å². The highest BCUT2D eigenvalue weighted by Gasteiger charge is 2.35. The van der Waals surface area contributed by atoms with Gasteiger partial charge in [-0.2, -0.15) is 13.2 Å². The molecule has 2 aromatic rings. The van der Waals surface area contributed by atoms with Crippen molar-refractivity contribution in [2.24, 2.45) is 0 Å². The Morgan fingerprint density at radius 1 is 0.962 bits per heavy atom. The van der Waals surface area contributed by atoms with Gasteiger partial charge in [0.05, 0.1) is 6.42 Å². The highest BCUT2D eigenvalue weighted by molar-refractivity contribution is 5.30. The fraction of sp³-hybridized carbons (Fsp3) is 0.400. The Morgan fingerprint density at radius 2 is 1.62 bits per heavy atom. The van der Waals surface area contributed by atoms with Gasteiger partial charge in [-0.25, -0.2) is 0 Å². The maximum atomic E-state index is 13.1. The van der Waals surface area contributed by atoms with Crippen LogP contribution in [0.2, 0.25) is 0 Å². The van der Waals surface area contributed by atoms with Crippen molar-refractivity contribution >= 4 is 0 Å². The molecule has 140 valence electrons. The lowest BCUT2D eigenvalue weighted by atomic mass is 10.0. The van der Waals surface area contributed by atoms with Crippen LogP contribution in [0, 0.1) is 0 Å². The first-order valence-electron chi connectivity index (χ1n) is 8.79. The molecule has 1 aliphatic rings. The first-order valence-corrected chi connectivity index (χ1v) is 8.79. The lowest BCUT2D eigenvalue weighted by molar-refractivity contribution is -0.148. The maximum Gasteiger partial charge on any atom is 0.390 e. The number of hydrogen-bond donors (Lipinski definition) is 1. The molecule has 1 fully saturated rings. The van der Waals surface area contributed by atoms with Crippen molar-refractivity contribution in [3.63, 3.8) is 0 Å². The molecule has 0 aromatic heterocycles. The zero-order valence-corrected chi connectivity index (χ0v) is 14.5. The summed E-state index contributed by atoms with van der Waals surface area (Å²) in [6.07, 6.45) is -5.03. The van der Waals surface area contributed by atoms with E-state index >= 15 is 0 Å². The van der Waals surface area contributed by atoms with Gasteiger partial charge in [0.2, 0.25) is 0 Å². The van der Waals surface area contributed by atoms with Crippen LogP contribution in [-0.2, 0) is 6.61 Å². The van der Waals surface area contributed by atoms with E-state index in [-0.39, 0.29) is 0 Å². The molecule has 0 aliphatic carbocycles. The third-order valence-corrected chi connectivity index (χ3v) is 4.53. The Bertz CT molecular complexity index is 668. The predicted molar refractivity (Wildman–Crippen MR) is 95.1 cm³/mol. The zero-order valence-electron chi connectivity index (χ0n) is 14.5. The molecule has 0 bridgehead atoms. The second kappa shape index (κ2) is 8.56. The number of piperazine rings is 1. The summed E-state index contributed by atoms with van der Waals surface area (Å²) in [4.78, 5) is 1.91. The summed E-state index contributed by atoms with van der Waals surface area (Å²) in [7, 11) is 0. The smallest absolute Gasteiger partial charge is 0.390 e. The lowest BCUT2D eigenvalue weighted by Crippen LogP contribution is -2.46. The van der Waals surface area contributed by atoms with E-state index in [1.54, 1.807) is 24.3 Å². The molecule has 1 aliphatic heterocycles. The second-order valence-electron chi connectivity index (χ2n) is 6.46. The molecule has 26 heavy (non-hydrogen) atoms. The van der Waals surface area contributed by atoms with Crippen LogP contribution in [-0.4, -0.2) is 37.3 Å². The van der Waals surface area contributed by atoms with Crippen LogP contribution in [0.25, 0.3) is 0 Å². The molecule has 3 rings (SSSR count). The Labute approximate surface area is 151 Å². The largest absolute Gasteiger partial charge is 0.489 e. The van der Waals surface area contributed by atoms with E-state index in [1.165, 1.54) is 0 Å². The summed E-state index contributed by atoms with van der Waals surface area (Å²) >= 11 is 0. The van der Waals surface area contributed by atoms with Crippen LogP contribution >= 0.6 is 0 Å². The second-order valence-corrected chi connectivity index (χ2v) is 6.46. The lowest BCUT2D eigenvalue weighted by Gasteiger charge is -2.35. The summed E-state index contributed by atoms with van der Waals surface area (Å²) in [5.74, 6) is 0.656. The van der Waals surface area contributed by atoms with E-state index in [1.807, 2.05) is 35.2 Å². The highest BCUT2D eigenvalue weighted by Crippen LogP contribution is 2.34. The minimum atomic E-state index is -4.20. The van der Waals surface area contributed by atoms with Crippen LogP contribution in [0.1, 0.15) is 23.6 Å². The fourth-order valence-electron chi connectivity index (χ4n) is 3.20. The number of nitrogens with one attached hydrogen (secondary N) is 1. The number of hydrogen-bond acceptors (Lipinski definition) is 3. The van der Waals surface area contributed by atoms with Gasteiger partial charge in [0, 0.05) is 32.2 Å². The quantitative estimate of drug-likeness (QED) is 0.833. The van der Waals surface area contributed by atoms with Crippen LogP contribution in [0.3, 0.4) is 0 Å². The Hall–Kier alpha value is -2.05. The van der Waals surface area contributed by atoms with Gasteiger partial charge < -0.3 is 10.1 Å². The Kier molecular flexibility index (Phi) is 6.16. The number of rotatable bonds is 6. The summed E-state index contributed by atoms with van der Waals surface area (Å²) in [5, 5.41) is 3.18. The monoisotopic (exact) mass is 364 g/mol. The van der Waals surface area contributed by atoms with E-state index in [4.69, 9.17) is 4.74 Å². The number of ether oxygens (including phenoxy) is 1. The van der Waals surface area contributed by atoms with E-state index in [0.717, 1.165) is 5.56 Å². The number of benzene rings is 2. The minimum Gasteiger partial charge on any atom is -0.489 e. The first kappa shape index (κ1) is 18.7. The molecule has 0 unspecified atom stereocenters. The van der Waals surface area contributed by atoms with E-state index < -0.39 is 18.6 Å². The molecule has 2 aromatic carbocycles. The third-order valence-electron chi connectivity index (χ3n) is 4.53. The maximum absolute atomic E-state index is 13.1. The normalized spacial score (nSPS) is 17.0. The van der Waals surface area contributed by atoms with Gasteiger partial charge in [0.25, 0.3) is 0 Å². The van der Waals surface area contributed by atoms with Crippen LogP contribution in [0.4, 0.5) is 13.2 Å². The minimum absolute atomic E-state index is 0.434. The molecule has 1 N–H and O–H groups in total. The molecular formula is C20H23F3N2O. The number of nitrogens with zero attached hydrogens (tertiary/aromatic N) is 1. The Morgan fingerprint density at radius 3 is 2.23 bits per heavy atom. The molecule has 0 radical (unpaired) electrons. The van der Waals surface area contributed by atoms with Crippen molar-refractivity contribution in [2.45, 2.75) is 25.2 Å². The van der Waals surface area contributed by atoms with Crippen molar-refractivity contribution < 1.29 is 17.9 Å². The van der Waals surface area contributed by atoms with Gasteiger partial charge in [-0.15, -0.1) is 0 Å². The molecule has 6 heteroatoms. The van der Waals surface area contributed by atoms with Gasteiger partial charge in [-0.3, -0.25) is 4.90 Å². The zero-order chi connectivity index (χ0) is 18.4. The molecule has 0 spiro atoms. The van der Waals surface area contributed by atoms with Crippen LogP contribution < -0.4 is 10.1 Å². The topological polar surface area (TPSA) is 24.5 Å².